The fourth-order valence-electron chi connectivity index (χ4n) is 2.66. The molecule has 19 heavy (non-hydrogen) atoms. The molecule has 0 aromatic carbocycles. The number of carbonyl (C=O) groups is 1. The summed E-state index contributed by atoms with van der Waals surface area (Å²) in [6, 6.07) is 3.99. The van der Waals surface area contributed by atoms with Crippen LogP contribution in [0.2, 0.25) is 0 Å². The van der Waals surface area contributed by atoms with Crippen LogP contribution in [0.15, 0.2) is 18.3 Å². The number of nitrogens with one attached hydrogen (secondary N) is 1. The molecule has 1 aliphatic carbocycles. The molecular formula is C15H22N2O2. The van der Waals surface area contributed by atoms with Gasteiger partial charge in [0.25, 0.3) is 0 Å². The van der Waals surface area contributed by atoms with E-state index in [9.17, 15) is 4.79 Å². The van der Waals surface area contributed by atoms with Gasteiger partial charge < -0.3 is 4.74 Å². The van der Waals surface area contributed by atoms with Gasteiger partial charge in [-0.25, -0.2) is 0 Å². The molecule has 0 saturated heterocycles. The lowest BCUT2D eigenvalue weighted by Gasteiger charge is -2.22. The molecule has 1 aliphatic rings. The van der Waals surface area contributed by atoms with Crippen molar-refractivity contribution in [2.24, 2.45) is 5.92 Å². The van der Waals surface area contributed by atoms with Gasteiger partial charge in [0.1, 0.15) is 6.04 Å². The number of carbonyl (C=O) groups excluding carboxylic acids is 1. The van der Waals surface area contributed by atoms with Crippen molar-refractivity contribution in [3.05, 3.63) is 29.6 Å². The van der Waals surface area contributed by atoms with Gasteiger partial charge in [-0.2, -0.15) is 0 Å². The van der Waals surface area contributed by atoms with E-state index in [0.717, 1.165) is 25.0 Å². The Morgan fingerprint density at radius 2 is 2.37 bits per heavy atom. The zero-order chi connectivity index (χ0) is 13.8. The molecule has 1 aromatic heterocycles. The average molecular weight is 262 g/mol. The first-order valence-electron chi connectivity index (χ1n) is 6.89. The molecular weight excluding hydrogens is 240 g/mol. The highest BCUT2D eigenvalue weighted by Crippen LogP contribution is 2.29. The Bertz CT molecular complexity index is 446. The summed E-state index contributed by atoms with van der Waals surface area (Å²) >= 11 is 0. The van der Waals surface area contributed by atoms with E-state index in [0.29, 0.717) is 5.92 Å². The maximum Gasteiger partial charge on any atom is 0.322 e. The smallest absolute Gasteiger partial charge is 0.322 e. The molecule has 0 fully saturated rings. The van der Waals surface area contributed by atoms with Crippen molar-refractivity contribution in [3.63, 3.8) is 0 Å². The molecule has 2 atom stereocenters. The molecule has 0 aliphatic heterocycles. The topological polar surface area (TPSA) is 51.2 Å². The van der Waals surface area contributed by atoms with Gasteiger partial charge in [-0.05, 0) is 36.8 Å². The van der Waals surface area contributed by atoms with E-state index in [1.54, 1.807) is 0 Å². The third-order valence-electron chi connectivity index (χ3n) is 3.55. The number of esters is 1. The van der Waals surface area contributed by atoms with Crippen LogP contribution in [0.1, 0.15) is 44.0 Å². The lowest BCUT2D eigenvalue weighted by molar-refractivity contribution is -0.143. The summed E-state index contributed by atoms with van der Waals surface area (Å²) in [4.78, 5) is 16.3. The quantitative estimate of drug-likeness (QED) is 0.827. The molecule has 4 nitrogen and oxygen atoms in total. The first kappa shape index (κ1) is 14.0. The fourth-order valence-corrected chi connectivity index (χ4v) is 2.66. The number of aryl methyl sites for hydroxylation is 1. The second kappa shape index (κ2) is 6.15. The fraction of sp³-hybridized carbons (Fsp3) is 0.600. The minimum atomic E-state index is -0.247. The van der Waals surface area contributed by atoms with Crippen LogP contribution in [0.25, 0.3) is 0 Å². The lowest BCUT2D eigenvalue weighted by atomic mass is 10.0. The van der Waals surface area contributed by atoms with Crippen LogP contribution in [0.5, 0.6) is 0 Å². The molecule has 2 unspecified atom stereocenters. The van der Waals surface area contributed by atoms with E-state index in [2.05, 4.69) is 30.2 Å². The Morgan fingerprint density at radius 1 is 1.58 bits per heavy atom. The summed E-state index contributed by atoms with van der Waals surface area (Å²) in [6.07, 6.45) is 4.62. The zero-order valence-corrected chi connectivity index (χ0v) is 11.8. The Hall–Kier alpha value is -1.42. The number of hydrogen-bond acceptors (Lipinski definition) is 4. The van der Waals surface area contributed by atoms with Gasteiger partial charge in [-0.1, -0.05) is 19.9 Å². The van der Waals surface area contributed by atoms with Crippen LogP contribution in [-0.2, 0) is 16.0 Å². The highest BCUT2D eigenvalue weighted by Gasteiger charge is 2.29. The van der Waals surface area contributed by atoms with Gasteiger partial charge in [-0.15, -0.1) is 0 Å². The number of ether oxygens (including phenoxy) is 1. The molecule has 0 amide bonds. The van der Waals surface area contributed by atoms with Crippen molar-refractivity contribution in [3.8, 4) is 0 Å². The van der Waals surface area contributed by atoms with Crippen molar-refractivity contribution < 1.29 is 9.53 Å². The minimum absolute atomic E-state index is 0.166. The third kappa shape index (κ3) is 3.32. The van der Waals surface area contributed by atoms with Crippen molar-refractivity contribution in [1.29, 1.82) is 0 Å². The maximum atomic E-state index is 11.8. The standard InChI is InChI=1S/C15H22N2O2/c1-10(2)9-13(15(18)19-3)17-12-7-6-11-5-4-8-16-14(11)12/h4-5,8,10,12-13,17H,6-7,9H2,1-3H3. The van der Waals surface area contributed by atoms with Crippen molar-refractivity contribution in [1.82, 2.24) is 10.3 Å². The van der Waals surface area contributed by atoms with E-state index < -0.39 is 0 Å². The molecule has 104 valence electrons. The van der Waals surface area contributed by atoms with E-state index in [1.807, 2.05) is 12.3 Å². The Kier molecular flexibility index (Phi) is 4.53. The van der Waals surface area contributed by atoms with E-state index in [4.69, 9.17) is 4.74 Å². The predicted octanol–water partition coefficient (Wildman–Crippen LogP) is 2.25. The number of fused-ring (bicyclic) bond motifs is 1. The SMILES string of the molecule is COC(=O)C(CC(C)C)NC1CCc2cccnc21. The molecule has 0 bridgehead atoms. The second-order valence-corrected chi connectivity index (χ2v) is 5.51. The zero-order valence-electron chi connectivity index (χ0n) is 11.8. The second-order valence-electron chi connectivity index (χ2n) is 5.51. The Labute approximate surface area is 114 Å². The summed E-state index contributed by atoms with van der Waals surface area (Å²) in [7, 11) is 1.44. The predicted molar refractivity (Wildman–Crippen MR) is 73.7 cm³/mol. The van der Waals surface area contributed by atoms with Crippen LogP contribution >= 0.6 is 0 Å². The first-order chi connectivity index (χ1) is 9.11. The number of methoxy groups -OCH3 is 1. The minimum Gasteiger partial charge on any atom is -0.468 e. The van der Waals surface area contributed by atoms with Crippen LogP contribution in [-0.4, -0.2) is 24.1 Å². The number of hydrogen-bond donors (Lipinski definition) is 1. The monoisotopic (exact) mass is 262 g/mol. The van der Waals surface area contributed by atoms with Crippen molar-refractivity contribution >= 4 is 5.97 Å². The highest BCUT2D eigenvalue weighted by atomic mass is 16.5. The van der Waals surface area contributed by atoms with Crippen LogP contribution < -0.4 is 5.32 Å². The molecule has 4 heteroatoms. The summed E-state index contributed by atoms with van der Waals surface area (Å²) in [5.41, 5.74) is 2.37. The van der Waals surface area contributed by atoms with Crippen molar-refractivity contribution in [2.45, 2.75) is 45.2 Å². The van der Waals surface area contributed by atoms with Gasteiger partial charge in [0.05, 0.1) is 18.8 Å². The number of pyridine rings is 1. The van der Waals surface area contributed by atoms with Gasteiger partial charge in [-0.3, -0.25) is 15.1 Å². The van der Waals surface area contributed by atoms with Crippen LogP contribution in [0.3, 0.4) is 0 Å². The van der Waals surface area contributed by atoms with Crippen LogP contribution in [0.4, 0.5) is 0 Å². The van der Waals surface area contributed by atoms with Crippen molar-refractivity contribution in [2.75, 3.05) is 7.11 Å². The van der Waals surface area contributed by atoms with Crippen LogP contribution in [0, 0.1) is 5.92 Å². The summed E-state index contributed by atoms with van der Waals surface area (Å²) in [6.45, 7) is 4.22. The molecule has 0 radical (unpaired) electrons. The summed E-state index contributed by atoms with van der Waals surface area (Å²) in [5, 5.41) is 3.42. The molecule has 1 heterocycles. The normalized spacial score (nSPS) is 19.3. The first-order valence-corrected chi connectivity index (χ1v) is 6.89. The molecule has 0 saturated carbocycles. The molecule has 1 aromatic rings. The average Bonchev–Trinajstić information content (AvgIpc) is 2.80. The summed E-state index contributed by atoms with van der Waals surface area (Å²) in [5.74, 6) is 0.263. The Balaban J connectivity index is 2.08. The number of rotatable bonds is 5. The number of aromatic nitrogens is 1. The molecule has 1 N–H and O–H groups in total. The van der Waals surface area contributed by atoms with E-state index in [1.165, 1.54) is 12.7 Å². The molecule has 2 rings (SSSR count). The van der Waals surface area contributed by atoms with E-state index in [-0.39, 0.29) is 18.1 Å². The van der Waals surface area contributed by atoms with Gasteiger partial charge in [0, 0.05) is 6.20 Å². The Morgan fingerprint density at radius 3 is 3.05 bits per heavy atom. The van der Waals surface area contributed by atoms with E-state index >= 15 is 0 Å². The highest BCUT2D eigenvalue weighted by molar-refractivity contribution is 5.75. The maximum absolute atomic E-state index is 11.8. The number of nitrogens with zero attached hydrogens (tertiary/aromatic N) is 1. The largest absolute Gasteiger partial charge is 0.468 e. The van der Waals surface area contributed by atoms with Gasteiger partial charge >= 0.3 is 5.97 Å². The van der Waals surface area contributed by atoms with Gasteiger partial charge in [0.15, 0.2) is 0 Å². The summed E-state index contributed by atoms with van der Waals surface area (Å²) < 4.78 is 4.89. The third-order valence-corrected chi connectivity index (χ3v) is 3.55. The lowest BCUT2D eigenvalue weighted by Crippen LogP contribution is -2.40. The van der Waals surface area contributed by atoms with Gasteiger partial charge in [0.2, 0.25) is 0 Å². The molecule has 0 spiro atoms.